The highest BCUT2D eigenvalue weighted by Crippen LogP contribution is 2.21. The van der Waals surface area contributed by atoms with E-state index in [1.54, 1.807) is 18.3 Å². The third-order valence-electron chi connectivity index (χ3n) is 3.29. The van der Waals surface area contributed by atoms with E-state index in [4.69, 9.17) is 4.74 Å². The summed E-state index contributed by atoms with van der Waals surface area (Å²) in [5.74, 6) is 1.82. The van der Waals surface area contributed by atoms with Crippen LogP contribution in [-0.4, -0.2) is 37.5 Å². The highest BCUT2D eigenvalue weighted by molar-refractivity contribution is 5.57. The molecule has 3 rings (SSSR count). The molecule has 0 saturated heterocycles. The Bertz CT molecular complexity index is 888. The third kappa shape index (κ3) is 3.78. The molecule has 0 aliphatic rings. The van der Waals surface area contributed by atoms with Gasteiger partial charge in [-0.2, -0.15) is 15.5 Å². The number of methoxy groups -OCH3 is 1. The molecule has 0 aliphatic carbocycles. The standard InChI is InChI=1S/C15H15N9O/c1-9(10-4-3-5-18-22-10)19-15-11(7-16)17-8-13(21-15)20-12-6-14(25-2)24-23-12/h3-6,8-9H,1-2H3,(H3,19,20,21,23,24)/t9-/m1/s1. The molecule has 10 nitrogen and oxygen atoms in total. The summed E-state index contributed by atoms with van der Waals surface area (Å²) in [4.78, 5) is 8.51. The number of hydrogen-bond acceptors (Lipinski definition) is 9. The molecule has 0 amide bonds. The lowest BCUT2D eigenvalue weighted by Gasteiger charge is -2.14. The number of H-pyrrole nitrogens is 1. The Kier molecular flexibility index (Phi) is 4.66. The van der Waals surface area contributed by atoms with Crippen LogP contribution in [0.4, 0.5) is 17.5 Å². The van der Waals surface area contributed by atoms with Crippen molar-refractivity contribution in [2.24, 2.45) is 0 Å². The minimum atomic E-state index is -0.197. The minimum Gasteiger partial charge on any atom is -0.480 e. The van der Waals surface area contributed by atoms with Gasteiger partial charge >= 0.3 is 0 Å². The van der Waals surface area contributed by atoms with Gasteiger partial charge in [-0.05, 0) is 19.1 Å². The molecule has 3 aromatic heterocycles. The van der Waals surface area contributed by atoms with Crippen molar-refractivity contribution < 1.29 is 4.74 Å². The van der Waals surface area contributed by atoms with Crippen LogP contribution in [0.25, 0.3) is 0 Å². The summed E-state index contributed by atoms with van der Waals surface area (Å²) >= 11 is 0. The van der Waals surface area contributed by atoms with Crippen molar-refractivity contribution in [3.05, 3.63) is 42.0 Å². The Labute approximate surface area is 143 Å². The SMILES string of the molecule is COc1cc(Nc2cnc(C#N)c(N[C@H](C)c3cccnn3)n2)[nH]n1. The van der Waals surface area contributed by atoms with Crippen LogP contribution in [0, 0.1) is 11.3 Å². The van der Waals surface area contributed by atoms with Gasteiger partial charge in [-0.3, -0.25) is 5.10 Å². The molecule has 10 heteroatoms. The number of anilines is 3. The second kappa shape index (κ2) is 7.22. The van der Waals surface area contributed by atoms with E-state index < -0.39 is 0 Å². The van der Waals surface area contributed by atoms with Crippen molar-refractivity contribution in [3.8, 4) is 11.9 Å². The fourth-order valence-corrected chi connectivity index (χ4v) is 2.07. The van der Waals surface area contributed by atoms with Crippen LogP contribution >= 0.6 is 0 Å². The minimum absolute atomic E-state index is 0.184. The number of nitrogens with one attached hydrogen (secondary N) is 3. The molecule has 126 valence electrons. The quantitative estimate of drug-likeness (QED) is 0.614. The Hall–Kier alpha value is -3.74. The molecule has 25 heavy (non-hydrogen) atoms. The number of rotatable bonds is 6. The van der Waals surface area contributed by atoms with Crippen LogP contribution < -0.4 is 15.4 Å². The first kappa shape index (κ1) is 16.1. The molecule has 0 saturated carbocycles. The molecule has 1 atom stereocenters. The van der Waals surface area contributed by atoms with Gasteiger partial charge in [-0.1, -0.05) is 0 Å². The smallest absolute Gasteiger partial charge is 0.234 e. The van der Waals surface area contributed by atoms with Gasteiger partial charge in [0, 0.05) is 12.3 Å². The Balaban J connectivity index is 1.81. The molecule has 0 spiro atoms. The van der Waals surface area contributed by atoms with Crippen molar-refractivity contribution in [2.45, 2.75) is 13.0 Å². The van der Waals surface area contributed by atoms with Crippen LogP contribution in [0.2, 0.25) is 0 Å². The number of nitrogens with zero attached hydrogens (tertiary/aromatic N) is 6. The van der Waals surface area contributed by atoms with Crippen LogP contribution in [0.1, 0.15) is 24.4 Å². The second-order valence-corrected chi connectivity index (χ2v) is 5.03. The Morgan fingerprint density at radius 2 is 2.28 bits per heavy atom. The second-order valence-electron chi connectivity index (χ2n) is 5.03. The summed E-state index contributed by atoms with van der Waals surface area (Å²) in [5.41, 5.74) is 0.910. The molecule has 3 aromatic rings. The molecular weight excluding hydrogens is 322 g/mol. The number of aromatic amines is 1. The van der Waals surface area contributed by atoms with E-state index in [0.717, 1.165) is 5.69 Å². The van der Waals surface area contributed by atoms with Crippen molar-refractivity contribution in [2.75, 3.05) is 17.7 Å². The van der Waals surface area contributed by atoms with E-state index in [1.807, 2.05) is 19.1 Å². The number of aromatic nitrogens is 6. The fraction of sp³-hybridized carbons (Fsp3) is 0.200. The topological polar surface area (TPSA) is 137 Å². The van der Waals surface area contributed by atoms with Gasteiger partial charge in [-0.25, -0.2) is 9.97 Å². The summed E-state index contributed by atoms with van der Waals surface area (Å²) < 4.78 is 5.01. The van der Waals surface area contributed by atoms with Gasteiger partial charge < -0.3 is 15.4 Å². The fourth-order valence-electron chi connectivity index (χ4n) is 2.07. The average molecular weight is 337 g/mol. The van der Waals surface area contributed by atoms with Crippen molar-refractivity contribution >= 4 is 17.5 Å². The zero-order valence-electron chi connectivity index (χ0n) is 13.6. The molecule has 0 unspecified atom stereocenters. The number of nitriles is 1. The van der Waals surface area contributed by atoms with Crippen LogP contribution in [0.5, 0.6) is 5.88 Å². The Morgan fingerprint density at radius 1 is 1.40 bits per heavy atom. The van der Waals surface area contributed by atoms with Crippen molar-refractivity contribution in [1.82, 2.24) is 30.4 Å². The molecule has 0 aliphatic heterocycles. The lowest BCUT2D eigenvalue weighted by molar-refractivity contribution is 0.397. The summed E-state index contributed by atoms with van der Waals surface area (Å²) in [6.07, 6.45) is 3.06. The van der Waals surface area contributed by atoms with E-state index in [1.165, 1.54) is 13.3 Å². The van der Waals surface area contributed by atoms with Gasteiger partial charge in [0.2, 0.25) is 5.88 Å². The average Bonchev–Trinajstić information content (AvgIpc) is 3.10. The van der Waals surface area contributed by atoms with Gasteiger partial charge in [-0.15, -0.1) is 5.10 Å². The molecule has 3 heterocycles. The van der Waals surface area contributed by atoms with Gasteiger partial charge in [0.25, 0.3) is 0 Å². The molecule has 0 aromatic carbocycles. The number of ether oxygens (including phenoxy) is 1. The summed E-state index contributed by atoms with van der Waals surface area (Å²) in [6.45, 7) is 1.90. The summed E-state index contributed by atoms with van der Waals surface area (Å²) in [5, 5.41) is 30.0. The molecular formula is C15H15N9O. The van der Waals surface area contributed by atoms with Gasteiger partial charge in [0.1, 0.15) is 11.9 Å². The summed E-state index contributed by atoms with van der Waals surface area (Å²) in [6, 6.07) is 7.12. The van der Waals surface area contributed by atoms with Crippen molar-refractivity contribution in [3.63, 3.8) is 0 Å². The highest BCUT2D eigenvalue weighted by Gasteiger charge is 2.13. The first-order chi connectivity index (χ1) is 12.2. The lowest BCUT2D eigenvalue weighted by Crippen LogP contribution is -2.12. The predicted octanol–water partition coefficient (Wildman–Crippen LogP) is 1.79. The first-order valence-electron chi connectivity index (χ1n) is 7.37. The Morgan fingerprint density at radius 3 is 2.96 bits per heavy atom. The van der Waals surface area contributed by atoms with E-state index in [9.17, 15) is 5.26 Å². The van der Waals surface area contributed by atoms with E-state index in [-0.39, 0.29) is 11.7 Å². The van der Waals surface area contributed by atoms with Gasteiger partial charge in [0.15, 0.2) is 17.3 Å². The zero-order chi connectivity index (χ0) is 17.6. The normalized spacial score (nSPS) is 11.4. The third-order valence-corrected chi connectivity index (χ3v) is 3.29. The van der Waals surface area contributed by atoms with E-state index in [2.05, 4.69) is 41.0 Å². The molecule has 0 bridgehead atoms. The maximum Gasteiger partial charge on any atom is 0.234 e. The molecule has 0 fully saturated rings. The largest absolute Gasteiger partial charge is 0.480 e. The van der Waals surface area contributed by atoms with E-state index >= 15 is 0 Å². The predicted molar refractivity (Wildman–Crippen MR) is 89.2 cm³/mol. The first-order valence-corrected chi connectivity index (χ1v) is 7.37. The van der Waals surface area contributed by atoms with Crippen LogP contribution in [0.15, 0.2) is 30.6 Å². The summed E-state index contributed by atoms with van der Waals surface area (Å²) in [7, 11) is 1.53. The maximum atomic E-state index is 9.24. The van der Waals surface area contributed by atoms with E-state index in [0.29, 0.717) is 23.3 Å². The monoisotopic (exact) mass is 337 g/mol. The van der Waals surface area contributed by atoms with Gasteiger partial charge in [0.05, 0.1) is 25.0 Å². The highest BCUT2D eigenvalue weighted by atomic mass is 16.5. The molecule has 0 radical (unpaired) electrons. The van der Waals surface area contributed by atoms with Crippen LogP contribution in [-0.2, 0) is 0 Å². The van der Waals surface area contributed by atoms with Crippen molar-refractivity contribution in [1.29, 1.82) is 5.26 Å². The maximum absolute atomic E-state index is 9.24. The van der Waals surface area contributed by atoms with Crippen LogP contribution in [0.3, 0.4) is 0 Å². The lowest BCUT2D eigenvalue weighted by atomic mass is 10.2. The molecule has 3 N–H and O–H groups in total. The zero-order valence-corrected chi connectivity index (χ0v) is 13.6. The number of hydrogen-bond donors (Lipinski definition) is 3.